The molecule has 2 N–H and O–H groups in total. The number of ether oxygens (including phenoxy) is 2. The Labute approximate surface area is 112 Å². The standard InChI is InChI=1S/C12H25NO4S/c1-2-16-5-6-17-10-12(14)9-13-11-3-7-18(15)8-4-11/h11-14H,2-10H2,1H3. The lowest BCUT2D eigenvalue weighted by Crippen LogP contribution is -2.41. The summed E-state index contributed by atoms with van der Waals surface area (Å²) < 4.78 is 21.6. The van der Waals surface area contributed by atoms with Gasteiger partial charge in [0.2, 0.25) is 0 Å². The molecule has 1 fully saturated rings. The summed E-state index contributed by atoms with van der Waals surface area (Å²) in [5, 5.41) is 13.0. The van der Waals surface area contributed by atoms with Crippen molar-refractivity contribution < 1.29 is 18.8 Å². The molecule has 108 valence electrons. The fourth-order valence-corrected chi connectivity index (χ4v) is 3.14. The Morgan fingerprint density at radius 1 is 1.33 bits per heavy atom. The summed E-state index contributed by atoms with van der Waals surface area (Å²) in [4.78, 5) is 0. The van der Waals surface area contributed by atoms with Crippen LogP contribution in [0.2, 0.25) is 0 Å². The number of hydrogen-bond acceptors (Lipinski definition) is 5. The van der Waals surface area contributed by atoms with Gasteiger partial charge < -0.3 is 19.9 Å². The molecule has 0 aliphatic carbocycles. The summed E-state index contributed by atoms with van der Waals surface area (Å²) >= 11 is 0. The molecule has 1 saturated heterocycles. The highest BCUT2D eigenvalue weighted by Crippen LogP contribution is 2.08. The Kier molecular flexibility index (Phi) is 8.79. The molecule has 0 saturated carbocycles. The molecular formula is C12H25NO4S. The molecule has 0 aromatic rings. The van der Waals surface area contributed by atoms with Gasteiger partial charge in [-0.3, -0.25) is 4.21 Å². The highest BCUT2D eigenvalue weighted by molar-refractivity contribution is 7.85. The summed E-state index contributed by atoms with van der Waals surface area (Å²) in [6.45, 7) is 4.59. The Hall–Kier alpha value is -0.0100. The van der Waals surface area contributed by atoms with Gasteiger partial charge in [-0.25, -0.2) is 0 Å². The van der Waals surface area contributed by atoms with E-state index in [0.29, 0.717) is 39.0 Å². The fourth-order valence-electron chi connectivity index (χ4n) is 1.84. The van der Waals surface area contributed by atoms with Crippen molar-refractivity contribution in [2.45, 2.75) is 31.9 Å². The van der Waals surface area contributed by atoms with Crippen molar-refractivity contribution in [1.82, 2.24) is 5.32 Å². The zero-order valence-corrected chi connectivity index (χ0v) is 11.9. The highest BCUT2D eigenvalue weighted by atomic mass is 32.2. The van der Waals surface area contributed by atoms with E-state index in [4.69, 9.17) is 9.47 Å². The molecule has 0 aromatic carbocycles. The number of nitrogens with one attached hydrogen (secondary N) is 1. The SMILES string of the molecule is CCOCCOCC(O)CNC1CCS(=O)CC1. The second-order valence-corrected chi connectivity index (χ2v) is 6.15. The first kappa shape index (κ1) is 16.0. The summed E-state index contributed by atoms with van der Waals surface area (Å²) in [5.41, 5.74) is 0. The molecule has 1 aliphatic heterocycles. The molecule has 0 bridgehead atoms. The van der Waals surface area contributed by atoms with Crippen LogP contribution in [-0.4, -0.2) is 65.9 Å². The van der Waals surface area contributed by atoms with Crippen LogP contribution in [-0.2, 0) is 20.3 Å². The molecule has 0 aromatic heterocycles. The smallest absolute Gasteiger partial charge is 0.0897 e. The maximum Gasteiger partial charge on any atom is 0.0897 e. The third kappa shape index (κ3) is 7.43. The highest BCUT2D eigenvalue weighted by Gasteiger charge is 2.18. The lowest BCUT2D eigenvalue weighted by molar-refractivity contribution is 0.00566. The lowest BCUT2D eigenvalue weighted by Gasteiger charge is -2.24. The van der Waals surface area contributed by atoms with Gasteiger partial charge in [0.05, 0.1) is 25.9 Å². The number of aliphatic hydroxyl groups excluding tert-OH is 1. The molecule has 5 nitrogen and oxygen atoms in total. The molecule has 0 spiro atoms. The van der Waals surface area contributed by atoms with Gasteiger partial charge in [-0.1, -0.05) is 0 Å². The minimum Gasteiger partial charge on any atom is -0.389 e. The van der Waals surface area contributed by atoms with Crippen LogP contribution in [0.3, 0.4) is 0 Å². The van der Waals surface area contributed by atoms with E-state index in [1.54, 1.807) is 0 Å². The van der Waals surface area contributed by atoms with E-state index in [-0.39, 0.29) is 0 Å². The van der Waals surface area contributed by atoms with E-state index in [1.807, 2.05) is 6.92 Å². The first-order valence-corrected chi connectivity index (χ1v) is 8.13. The topological polar surface area (TPSA) is 67.8 Å². The van der Waals surface area contributed by atoms with E-state index in [1.165, 1.54) is 0 Å². The average molecular weight is 279 g/mol. The molecule has 0 amide bonds. The molecule has 1 atom stereocenters. The Bertz CT molecular complexity index is 230. The second-order valence-electron chi connectivity index (χ2n) is 4.46. The first-order valence-electron chi connectivity index (χ1n) is 6.64. The van der Waals surface area contributed by atoms with Crippen LogP contribution in [0, 0.1) is 0 Å². The Morgan fingerprint density at radius 2 is 2.00 bits per heavy atom. The molecule has 1 rings (SSSR count). The van der Waals surface area contributed by atoms with Crippen molar-refractivity contribution in [2.24, 2.45) is 0 Å². The van der Waals surface area contributed by atoms with Crippen LogP contribution in [0.5, 0.6) is 0 Å². The minimum atomic E-state index is -0.624. The van der Waals surface area contributed by atoms with Crippen molar-refractivity contribution in [3.8, 4) is 0 Å². The van der Waals surface area contributed by atoms with Crippen LogP contribution >= 0.6 is 0 Å². The second kappa shape index (κ2) is 9.86. The van der Waals surface area contributed by atoms with Crippen LogP contribution in [0.25, 0.3) is 0 Å². The predicted molar refractivity (Wildman–Crippen MR) is 72.2 cm³/mol. The van der Waals surface area contributed by atoms with Gasteiger partial charge >= 0.3 is 0 Å². The van der Waals surface area contributed by atoms with Crippen molar-refractivity contribution in [1.29, 1.82) is 0 Å². The van der Waals surface area contributed by atoms with E-state index in [0.717, 1.165) is 24.3 Å². The van der Waals surface area contributed by atoms with Gasteiger partial charge in [0.15, 0.2) is 0 Å². The van der Waals surface area contributed by atoms with E-state index >= 15 is 0 Å². The summed E-state index contributed by atoms with van der Waals surface area (Å²) in [6, 6.07) is 0.390. The molecule has 1 heterocycles. The maximum atomic E-state index is 11.2. The monoisotopic (exact) mass is 279 g/mol. The molecule has 0 radical (unpaired) electrons. The first-order chi connectivity index (χ1) is 8.72. The molecule has 1 aliphatic rings. The fraction of sp³-hybridized carbons (Fsp3) is 1.00. The molecule has 6 heteroatoms. The Morgan fingerprint density at radius 3 is 2.67 bits per heavy atom. The van der Waals surface area contributed by atoms with Crippen molar-refractivity contribution in [3.63, 3.8) is 0 Å². The van der Waals surface area contributed by atoms with E-state index in [9.17, 15) is 9.32 Å². The normalized spacial score (nSPS) is 26.1. The van der Waals surface area contributed by atoms with Gasteiger partial charge in [0.25, 0.3) is 0 Å². The van der Waals surface area contributed by atoms with E-state index < -0.39 is 16.9 Å². The molecule has 18 heavy (non-hydrogen) atoms. The van der Waals surface area contributed by atoms with Gasteiger partial charge in [-0.2, -0.15) is 0 Å². The van der Waals surface area contributed by atoms with Crippen LogP contribution in [0.15, 0.2) is 0 Å². The largest absolute Gasteiger partial charge is 0.389 e. The minimum absolute atomic E-state index is 0.332. The number of rotatable bonds is 9. The lowest BCUT2D eigenvalue weighted by atomic mass is 10.1. The zero-order chi connectivity index (χ0) is 13.2. The van der Waals surface area contributed by atoms with Crippen LogP contribution in [0.1, 0.15) is 19.8 Å². The third-order valence-corrected chi connectivity index (χ3v) is 4.30. The summed E-state index contributed by atoms with van der Waals surface area (Å²) in [5.74, 6) is 1.55. The maximum absolute atomic E-state index is 11.2. The van der Waals surface area contributed by atoms with Gasteiger partial charge in [0.1, 0.15) is 0 Å². The van der Waals surface area contributed by atoms with Gasteiger partial charge in [-0.15, -0.1) is 0 Å². The van der Waals surface area contributed by atoms with Gasteiger partial charge in [-0.05, 0) is 19.8 Å². The molecule has 1 unspecified atom stereocenters. The quantitative estimate of drug-likeness (QED) is 0.577. The Balaban J connectivity index is 1.96. The number of hydrogen-bond donors (Lipinski definition) is 2. The van der Waals surface area contributed by atoms with E-state index in [2.05, 4.69) is 5.32 Å². The average Bonchev–Trinajstić information content (AvgIpc) is 2.38. The molecular weight excluding hydrogens is 254 g/mol. The van der Waals surface area contributed by atoms with Crippen molar-refractivity contribution in [3.05, 3.63) is 0 Å². The predicted octanol–water partition coefficient (Wildman–Crippen LogP) is -0.0989. The zero-order valence-electron chi connectivity index (χ0n) is 11.1. The van der Waals surface area contributed by atoms with Crippen LogP contribution < -0.4 is 5.32 Å². The third-order valence-electron chi connectivity index (χ3n) is 2.92. The summed E-state index contributed by atoms with van der Waals surface area (Å²) in [6.07, 6.45) is 1.38. The van der Waals surface area contributed by atoms with Crippen molar-refractivity contribution >= 4 is 10.8 Å². The van der Waals surface area contributed by atoms with Crippen molar-refractivity contribution in [2.75, 3.05) is 44.5 Å². The van der Waals surface area contributed by atoms with Gasteiger partial charge in [0, 0.05) is 41.5 Å². The number of aliphatic hydroxyl groups is 1. The van der Waals surface area contributed by atoms with Crippen LogP contribution in [0.4, 0.5) is 0 Å². The summed E-state index contributed by atoms with van der Waals surface area (Å²) in [7, 11) is -0.624.